The Morgan fingerprint density at radius 3 is 2.17 bits per heavy atom. The minimum Gasteiger partial charge on any atom is -0.497 e. The third-order valence-electron chi connectivity index (χ3n) is 5.07. The van der Waals surface area contributed by atoms with Gasteiger partial charge in [-0.3, -0.25) is 14.5 Å². The van der Waals surface area contributed by atoms with Crippen molar-refractivity contribution in [2.45, 2.75) is 45.9 Å². The molecule has 1 heterocycles. The molecule has 1 aromatic rings. The molecule has 1 saturated heterocycles. The fraction of sp³-hybridized carbons (Fsp3) is 0.636. The summed E-state index contributed by atoms with van der Waals surface area (Å²) in [6.07, 6.45) is 0.374. The van der Waals surface area contributed by atoms with Gasteiger partial charge in [0.05, 0.1) is 26.4 Å². The molecule has 1 aliphatic heterocycles. The summed E-state index contributed by atoms with van der Waals surface area (Å²) < 4.78 is 16.2. The minimum atomic E-state index is -0.641. The maximum atomic E-state index is 12.8. The van der Waals surface area contributed by atoms with Crippen LogP contribution in [0.4, 0.5) is 0 Å². The van der Waals surface area contributed by atoms with Gasteiger partial charge in [0.1, 0.15) is 17.5 Å². The molecule has 3 unspecified atom stereocenters. The Morgan fingerprint density at radius 2 is 1.67 bits per heavy atom. The lowest BCUT2D eigenvalue weighted by atomic mass is 10.0. The zero-order valence-electron chi connectivity index (χ0n) is 18.9. The summed E-state index contributed by atoms with van der Waals surface area (Å²) in [7, 11) is 3.05. The summed E-state index contributed by atoms with van der Waals surface area (Å²) in [4.78, 5) is 27.8. The van der Waals surface area contributed by atoms with Crippen molar-refractivity contribution in [1.82, 2.24) is 15.5 Å². The number of methoxy groups -OCH3 is 2. The predicted molar refractivity (Wildman–Crippen MR) is 115 cm³/mol. The molecule has 30 heavy (non-hydrogen) atoms. The third-order valence-corrected chi connectivity index (χ3v) is 5.07. The van der Waals surface area contributed by atoms with E-state index in [0.29, 0.717) is 23.6 Å². The highest BCUT2D eigenvalue weighted by molar-refractivity contribution is 5.98. The number of amides is 2. The van der Waals surface area contributed by atoms with Gasteiger partial charge in [-0.15, -0.1) is 0 Å². The van der Waals surface area contributed by atoms with Crippen molar-refractivity contribution in [3.63, 3.8) is 0 Å². The third kappa shape index (κ3) is 6.88. The van der Waals surface area contributed by atoms with Crippen molar-refractivity contribution in [3.8, 4) is 11.5 Å². The van der Waals surface area contributed by atoms with Crippen molar-refractivity contribution < 1.29 is 23.8 Å². The largest absolute Gasteiger partial charge is 0.497 e. The van der Waals surface area contributed by atoms with Crippen LogP contribution >= 0.6 is 0 Å². The molecular formula is C22H35N3O5. The average Bonchev–Trinajstić information content (AvgIpc) is 2.70. The van der Waals surface area contributed by atoms with E-state index in [2.05, 4.69) is 29.4 Å². The SMILES string of the molecule is COc1cc(OC)cc(C(=O)NC(C(=O)NCCN2CC(C)OC(C)C2)C(C)C)c1. The number of benzene rings is 1. The normalized spacial score (nSPS) is 20.5. The van der Waals surface area contributed by atoms with Crippen LogP contribution in [0, 0.1) is 5.92 Å². The van der Waals surface area contributed by atoms with Crippen molar-refractivity contribution in [2.75, 3.05) is 40.4 Å². The molecule has 0 spiro atoms. The van der Waals surface area contributed by atoms with E-state index < -0.39 is 6.04 Å². The number of ether oxygens (including phenoxy) is 3. The van der Waals surface area contributed by atoms with Gasteiger partial charge in [0.25, 0.3) is 5.91 Å². The maximum absolute atomic E-state index is 12.8. The van der Waals surface area contributed by atoms with Crippen LogP contribution in [0.1, 0.15) is 38.1 Å². The van der Waals surface area contributed by atoms with E-state index >= 15 is 0 Å². The van der Waals surface area contributed by atoms with Gasteiger partial charge in [-0.1, -0.05) is 13.8 Å². The molecule has 0 radical (unpaired) electrons. The number of morpholine rings is 1. The van der Waals surface area contributed by atoms with E-state index in [1.165, 1.54) is 14.2 Å². The quantitative estimate of drug-likeness (QED) is 0.631. The molecule has 0 saturated carbocycles. The Labute approximate surface area is 179 Å². The Kier molecular flexibility index (Phi) is 8.92. The smallest absolute Gasteiger partial charge is 0.252 e. The van der Waals surface area contributed by atoms with E-state index in [1.54, 1.807) is 18.2 Å². The van der Waals surface area contributed by atoms with Gasteiger partial charge in [0, 0.05) is 37.8 Å². The minimum absolute atomic E-state index is 0.0649. The molecule has 8 heteroatoms. The molecule has 2 rings (SSSR count). The Morgan fingerprint density at radius 1 is 1.10 bits per heavy atom. The molecule has 2 N–H and O–H groups in total. The highest BCUT2D eigenvalue weighted by Gasteiger charge is 2.26. The topological polar surface area (TPSA) is 89.1 Å². The van der Waals surface area contributed by atoms with E-state index in [1.807, 2.05) is 13.8 Å². The lowest BCUT2D eigenvalue weighted by Gasteiger charge is -2.35. The van der Waals surface area contributed by atoms with Crippen LogP contribution in [0.15, 0.2) is 18.2 Å². The lowest BCUT2D eigenvalue weighted by molar-refractivity contribution is -0.124. The van der Waals surface area contributed by atoms with Crippen molar-refractivity contribution in [1.29, 1.82) is 0 Å². The molecule has 0 bridgehead atoms. The van der Waals surface area contributed by atoms with Crippen molar-refractivity contribution in [2.24, 2.45) is 5.92 Å². The van der Waals surface area contributed by atoms with Crippen LogP contribution in [-0.4, -0.2) is 75.4 Å². The van der Waals surface area contributed by atoms with E-state index in [4.69, 9.17) is 14.2 Å². The number of rotatable bonds is 9. The molecule has 3 atom stereocenters. The first-order valence-corrected chi connectivity index (χ1v) is 10.4. The Hall–Kier alpha value is -2.32. The fourth-order valence-corrected chi connectivity index (χ4v) is 3.61. The zero-order chi connectivity index (χ0) is 22.3. The zero-order valence-corrected chi connectivity index (χ0v) is 18.9. The number of hydrogen-bond acceptors (Lipinski definition) is 6. The van der Waals surface area contributed by atoms with Crippen LogP contribution in [0.25, 0.3) is 0 Å². The van der Waals surface area contributed by atoms with Gasteiger partial charge in [0.15, 0.2) is 0 Å². The number of carbonyl (C=O) groups is 2. The summed E-state index contributed by atoms with van der Waals surface area (Å²) in [5, 5.41) is 5.80. The Balaban J connectivity index is 1.94. The van der Waals surface area contributed by atoms with Gasteiger partial charge < -0.3 is 24.8 Å². The molecule has 2 amide bonds. The van der Waals surface area contributed by atoms with Crippen LogP contribution in [-0.2, 0) is 9.53 Å². The average molecular weight is 422 g/mol. The van der Waals surface area contributed by atoms with Crippen LogP contribution in [0.2, 0.25) is 0 Å². The lowest BCUT2D eigenvalue weighted by Crippen LogP contribution is -2.52. The molecule has 8 nitrogen and oxygen atoms in total. The number of carbonyl (C=O) groups excluding carboxylic acids is 2. The van der Waals surface area contributed by atoms with Crippen LogP contribution in [0.3, 0.4) is 0 Å². The highest BCUT2D eigenvalue weighted by atomic mass is 16.5. The molecule has 1 aliphatic rings. The molecular weight excluding hydrogens is 386 g/mol. The first-order valence-electron chi connectivity index (χ1n) is 10.4. The van der Waals surface area contributed by atoms with Crippen molar-refractivity contribution in [3.05, 3.63) is 23.8 Å². The van der Waals surface area contributed by atoms with Crippen LogP contribution in [0.5, 0.6) is 11.5 Å². The second kappa shape index (κ2) is 11.2. The number of nitrogens with zero attached hydrogens (tertiary/aromatic N) is 1. The Bertz CT molecular complexity index is 692. The summed E-state index contributed by atoms with van der Waals surface area (Å²) in [5.74, 6) is 0.419. The van der Waals surface area contributed by atoms with E-state index in [0.717, 1.165) is 19.6 Å². The first kappa shape index (κ1) is 24.0. The predicted octanol–water partition coefficient (Wildman–Crippen LogP) is 1.68. The van der Waals surface area contributed by atoms with Gasteiger partial charge >= 0.3 is 0 Å². The summed E-state index contributed by atoms with van der Waals surface area (Å²) >= 11 is 0. The second-order valence-corrected chi connectivity index (χ2v) is 8.10. The second-order valence-electron chi connectivity index (χ2n) is 8.10. The standard InChI is InChI=1S/C22H35N3O5/c1-14(2)20(22(27)23-7-8-25-12-15(3)30-16(4)13-25)24-21(26)17-9-18(28-5)11-19(10-17)29-6/h9-11,14-16,20H,7-8,12-13H2,1-6H3,(H,23,27)(H,24,26). The van der Waals surface area contributed by atoms with Gasteiger partial charge in [-0.05, 0) is 31.9 Å². The number of hydrogen-bond donors (Lipinski definition) is 2. The van der Waals surface area contributed by atoms with Crippen LogP contribution < -0.4 is 20.1 Å². The maximum Gasteiger partial charge on any atom is 0.252 e. The summed E-state index contributed by atoms with van der Waals surface area (Å²) in [6.45, 7) is 10.9. The number of nitrogens with one attached hydrogen (secondary N) is 2. The molecule has 168 valence electrons. The summed E-state index contributed by atoms with van der Waals surface area (Å²) in [6, 6.07) is 4.29. The van der Waals surface area contributed by atoms with Gasteiger partial charge in [0.2, 0.25) is 5.91 Å². The molecule has 1 fully saturated rings. The van der Waals surface area contributed by atoms with E-state index in [9.17, 15) is 9.59 Å². The summed E-state index contributed by atoms with van der Waals surface area (Å²) in [5.41, 5.74) is 0.376. The highest BCUT2D eigenvalue weighted by Crippen LogP contribution is 2.22. The van der Waals surface area contributed by atoms with Gasteiger partial charge in [-0.25, -0.2) is 0 Å². The molecule has 1 aromatic carbocycles. The van der Waals surface area contributed by atoms with Gasteiger partial charge in [-0.2, -0.15) is 0 Å². The molecule has 0 aromatic heterocycles. The van der Waals surface area contributed by atoms with E-state index in [-0.39, 0.29) is 29.9 Å². The first-order chi connectivity index (χ1) is 14.2. The van der Waals surface area contributed by atoms with Crippen molar-refractivity contribution >= 4 is 11.8 Å². The fourth-order valence-electron chi connectivity index (χ4n) is 3.61. The monoisotopic (exact) mass is 421 g/mol. The molecule has 0 aliphatic carbocycles.